The molecular weight excluding hydrogens is 290 g/mol. The van der Waals surface area contributed by atoms with Gasteiger partial charge in [0.25, 0.3) is 5.91 Å². The summed E-state index contributed by atoms with van der Waals surface area (Å²) in [6.07, 6.45) is 4.31. The van der Waals surface area contributed by atoms with Gasteiger partial charge in [0, 0.05) is 17.2 Å². The second kappa shape index (κ2) is 8.00. The van der Waals surface area contributed by atoms with E-state index in [0.717, 1.165) is 19.3 Å². The number of benzene rings is 1. The van der Waals surface area contributed by atoms with Crippen molar-refractivity contribution >= 4 is 24.2 Å². The lowest BCUT2D eigenvalue weighted by molar-refractivity contribution is 0.0908. The molecular formula is C15H22ClN3O2. The van der Waals surface area contributed by atoms with E-state index in [1.165, 1.54) is 12.5 Å². The molecule has 1 aromatic rings. The van der Waals surface area contributed by atoms with E-state index in [2.05, 4.69) is 5.32 Å². The highest BCUT2D eigenvalue weighted by atomic mass is 35.5. The van der Waals surface area contributed by atoms with Crippen LogP contribution in [0, 0.1) is 5.92 Å². The van der Waals surface area contributed by atoms with Crippen molar-refractivity contribution < 1.29 is 9.59 Å². The molecule has 21 heavy (non-hydrogen) atoms. The van der Waals surface area contributed by atoms with Crippen LogP contribution in [-0.2, 0) is 0 Å². The first-order chi connectivity index (χ1) is 9.61. The third-order valence-corrected chi connectivity index (χ3v) is 3.94. The summed E-state index contributed by atoms with van der Waals surface area (Å²) in [6.45, 7) is 0.590. The molecule has 2 unspecified atom stereocenters. The third-order valence-electron chi connectivity index (χ3n) is 3.94. The Morgan fingerprint density at radius 1 is 1.19 bits per heavy atom. The molecule has 0 bridgehead atoms. The minimum absolute atomic E-state index is 0. The van der Waals surface area contributed by atoms with Crippen LogP contribution >= 0.6 is 12.4 Å². The Kier molecular flexibility index (Phi) is 6.65. The lowest BCUT2D eigenvalue weighted by Crippen LogP contribution is -2.44. The molecule has 1 aliphatic carbocycles. The van der Waals surface area contributed by atoms with Crippen LogP contribution in [0.25, 0.3) is 0 Å². The van der Waals surface area contributed by atoms with Gasteiger partial charge in [0.2, 0.25) is 5.91 Å². The van der Waals surface area contributed by atoms with Crippen LogP contribution < -0.4 is 16.8 Å². The maximum absolute atomic E-state index is 12.2. The summed E-state index contributed by atoms with van der Waals surface area (Å²) in [6, 6.07) is 6.59. The highest BCUT2D eigenvalue weighted by molar-refractivity contribution is 5.99. The predicted molar refractivity (Wildman–Crippen MR) is 84.5 cm³/mol. The topological polar surface area (TPSA) is 98.2 Å². The van der Waals surface area contributed by atoms with Crippen molar-refractivity contribution in [2.75, 3.05) is 6.54 Å². The van der Waals surface area contributed by atoms with E-state index in [-0.39, 0.29) is 24.4 Å². The first-order valence-corrected chi connectivity index (χ1v) is 7.02. The summed E-state index contributed by atoms with van der Waals surface area (Å²) in [5, 5.41) is 3.03. The van der Waals surface area contributed by atoms with Crippen molar-refractivity contribution in [1.29, 1.82) is 0 Å². The number of amides is 2. The number of carbonyl (C=O) groups is 2. The fourth-order valence-electron chi connectivity index (χ4n) is 2.75. The van der Waals surface area contributed by atoms with Crippen molar-refractivity contribution in [3.63, 3.8) is 0 Å². The fraction of sp³-hybridized carbons (Fsp3) is 0.467. The average Bonchev–Trinajstić information content (AvgIpc) is 2.48. The molecule has 0 saturated heterocycles. The highest BCUT2D eigenvalue weighted by Crippen LogP contribution is 2.23. The number of hydrogen-bond donors (Lipinski definition) is 3. The molecule has 0 radical (unpaired) electrons. The Morgan fingerprint density at radius 3 is 2.52 bits per heavy atom. The third kappa shape index (κ3) is 4.44. The second-order valence-corrected chi connectivity index (χ2v) is 5.31. The van der Waals surface area contributed by atoms with Gasteiger partial charge in [-0.15, -0.1) is 12.4 Å². The summed E-state index contributed by atoms with van der Waals surface area (Å²) >= 11 is 0. The average molecular weight is 312 g/mol. The van der Waals surface area contributed by atoms with Crippen LogP contribution in [0.4, 0.5) is 0 Å². The molecule has 116 valence electrons. The number of primary amides is 1. The van der Waals surface area contributed by atoms with Gasteiger partial charge in [-0.1, -0.05) is 18.9 Å². The van der Waals surface area contributed by atoms with Gasteiger partial charge in [0.1, 0.15) is 0 Å². The van der Waals surface area contributed by atoms with Crippen LogP contribution in [-0.4, -0.2) is 24.4 Å². The number of hydrogen-bond acceptors (Lipinski definition) is 3. The monoisotopic (exact) mass is 311 g/mol. The van der Waals surface area contributed by atoms with Crippen LogP contribution in [0.2, 0.25) is 0 Å². The Morgan fingerprint density at radius 2 is 1.86 bits per heavy atom. The van der Waals surface area contributed by atoms with Gasteiger partial charge in [-0.05, 0) is 43.5 Å². The van der Waals surface area contributed by atoms with Gasteiger partial charge in [-0.25, -0.2) is 0 Å². The minimum Gasteiger partial charge on any atom is -0.366 e. The molecule has 5 nitrogen and oxygen atoms in total. The van der Waals surface area contributed by atoms with Gasteiger partial charge in [0.05, 0.1) is 0 Å². The van der Waals surface area contributed by atoms with E-state index in [4.69, 9.17) is 11.5 Å². The van der Waals surface area contributed by atoms with E-state index in [1.54, 1.807) is 18.2 Å². The van der Waals surface area contributed by atoms with E-state index in [1.807, 2.05) is 0 Å². The number of nitrogens with two attached hydrogens (primary N) is 2. The largest absolute Gasteiger partial charge is 0.366 e. The standard InChI is InChI=1S/C15H21N3O2.ClH/c16-9-12-4-1-2-7-13(12)18-15(20)11-6-3-5-10(8-11)14(17)19;/h3,5-6,8,12-13H,1-2,4,7,9,16H2,(H2,17,19)(H,18,20);1H. The maximum Gasteiger partial charge on any atom is 0.251 e. The Labute approximate surface area is 130 Å². The van der Waals surface area contributed by atoms with Gasteiger partial charge in [0.15, 0.2) is 0 Å². The number of halogens is 1. The normalized spacial score (nSPS) is 21.2. The van der Waals surface area contributed by atoms with Crippen molar-refractivity contribution in [3.05, 3.63) is 35.4 Å². The van der Waals surface area contributed by atoms with Crippen LogP contribution in [0.1, 0.15) is 46.4 Å². The molecule has 2 rings (SSSR count). The Balaban J connectivity index is 0.00000220. The van der Waals surface area contributed by atoms with Crippen molar-refractivity contribution in [3.8, 4) is 0 Å². The minimum atomic E-state index is -0.530. The molecule has 1 fully saturated rings. The second-order valence-electron chi connectivity index (χ2n) is 5.31. The SMILES string of the molecule is Cl.NCC1CCCCC1NC(=O)c1cccc(C(N)=O)c1. The maximum atomic E-state index is 12.2. The molecule has 1 aliphatic rings. The van der Waals surface area contributed by atoms with Crippen LogP contribution in [0.5, 0.6) is 0 Å². The van der Waals surface area contributed by atoms with Gasteiger partial charge in [-0.3, -0.25) is 9.59 Å². The predicted octanol–water partition coefficient (Wildman–Crippen LogP) is 1.45. The molecule has 0 aromatic heterocycles. The fourth-order valence-corrected chi connectivity index (χ4v) is 2.75. The summed E-state index contributed by atoms with van der Waals surface area (Å²) in [5.74, 6) is -0.359. The van der Waals surface area contributed by atoms with Crippen LogP contribution in [0.15, 0.2) is 24.3 Å². The molecule has 6 heteroatoms. The van der Waals surface area contributed by atoms with Crippen molar-refractivity contribution in [1.82, 2.24) is 5.32 Å². The molecule has 1 saturated carbocycles. The Hall–Kier alpha value is -1.59. The molecule has 2 atom stereocenters. The van der Waals surface area contributed by atoms with E-state index in [9.17, 15) is 9.59 Å². The smallest absolute Gasteiger partial charge is 0.251 e. The van der Waals surface area contributed by atoms with E-state index < -0.39 is 5.91 Å². The molecule has 1 aromatic carbocycles. The molecule has 5 N–H and O–H groups in total. The molecule has 0 spiro atoms. The first kappa shape index (κ1) is 17.5. The molecule has 2 amide bonds. The summed E-state index contributed by atoms with van der Waals surface area (Å²) in [7, 11) is 0. The van der Waals surface area contributed by atoms with Gasteiger partial charge in [-0.2, -0.15) is 0 Å². The van der Waals surface area contributed by atoms with Crippen molar-refractivity contribution in [2.45, 2.75) is 31.7 Å². The zero-order valence-electron chi connectivity index (χ0n) is 11.9. The van der Waals surface area contributed by atoms with Crippen LogP contribution in [0.3, 0.4) is 0 Å². The van der Waals surface area contributed by atoms with E-state index in [0.29, 0.717) is 23.6 Å². The highest BCUT2D eigenvalue weighted by Gasteiger charge is 2.25. The molecule has 0 aliphatic heterocycles. The summed E-state index contributed by atoms with van der Waals surface area (Å²) in [5.41, 5.74) is 11.8. The zero-order chi connectivity index (χ0) is 14.5. The van der Waals surface area contributed by atoms with E-state index >= 15 is 0 Å². The zero-order valence-corrected chi connectivity index (χ0v) is 12.7. The van der Waals surface area contributed by atoms with Gasteiger partial charge >= 0.3 is 0 Å². The summed E-state index contributed by atoms with van der Waals surface area (Å²) < 4.78 is 0. The Bertz CT molecular complexity index is 507. The van der Waals surface area contributed by atoms with Crippen molar-refractivity contribution in [2.24, 2.45) is 17.4 Å². The first-order valence-electron chi connectivity index (χ1n) is 7.02. The molecule has 0 heterocycles. The number of nitrogens with one attached hydrogen (secondary N) is 1. The van der Waals surface area contributed by atoms with Gasteiger partial charge < -0.3 is 16.8 Å². The quantitative estimate of drug-likeness (QED) is 0.785. The lowest BCUT2D eigenvalue weighted by Gasteiger charge is -2.31. The lowest BCUT2D eigenvalue weighted by atomic mass is 9.84. The number of rotatable bonds is 4. The number of carbonyl (C=O) groups excluding carboxylic acids is 2. The summed E-state index contributed by atoms with van der Waals surface area (Å²) in [4.78, 5) is 23.4.